The first kappa shape index (κ1) is 18.6. The van der Waals surface area contributed by atoms with Crippen molar-refractivity contribution in [3.63, 3.8) is 0 Å². The van der Waals surface area contributed by atoms with Gasteiger partial charge in [-0.05, 0) is 57.0 Å². The molecule has 1 aromatic carbocycles. The van der Waals surface area contributed by atoms with Crippen LogP contribution in [-0.4, -0.2) is 35.0 Å². The molecular formula is C21H28FN3O. The second-order valence-corrected chi connectivity index (χ2v) is 7.06. The number of carbonyl (C=O) groups excluding carboxylic acids is 1. The molecule has 0 spiro atoms. The molecule has 1 aromatic heterocycles. The first-order chi connectivity index (χ1) is 12.5. The van der Waals surface area contributed by atoms with Gasteiger partial charge in [-0.1, -0.05) is 25.5 Å². The fourth-order valence-corrected chi connectivity index (χ4v) is 4.12. The van der Waals surface area contributed by atoms with E-state index in [0.29, 0.717) is 5.56 Å². The van der Waals surface area contributed by atoms with Gasteiger partial charge in [-0.15, -0.1) is 0 Å². The van der Waals surface area contributed by atoms with Crippen LogP contribution < -0.4 is 5.73 Å². The predicted molar refractivity (Wildman–Crippen MR) is 103 cm³/mol. The largest absolute Gasteiger partial charge is 0.366 e. The number of hydrogen-bond acceptors (Lipinski definition) is 2. The maximum absolute atomic E-state index is 13.4. The van der Waals surface area contributed by atoms with Gasteiger partial charge < -0.3 is 15.2 Å². The number of primary amides is 1. The molecule has 4 nitrogen and oxygen atoms in total. The van der Waals surface area contributed by atoms with Crippen molar-refractivity contribution < 1.29 is 9.18 Å². The summed E-state index contributed by atoms with van der Waals surface area (Å²) in [6.45, 7) is 8.16. The summed E-state index contributed by atoms with van der Waals surface area (Å²) < 4.78 is 15.6. The highest BCUT2D eigenvalue weighted by molar-refractivity contribution is 6.02. The van der Waals surface area contributed by atoms with Crippen LogP contribution in [-0.2, 0) is 13.0 Å². The molecule has 0 radical (unpaired) electrons. The minimum atomic E-state index is -0.423. The van der Waals surface area contributed by atoms with Crippen LogP contribution in [0.25, 0.3) is 11.1 Å². The zero-order valence-corrected chi connectivity index (χ0v) is 15.7. The maximum atomic E-state index is 13.4. The molecule has 0 saturated carbocycles. The second kappa shape index (κ2) is 8.04. The molecule has 3 rings (SSSR count). The van der Waals surface area contributed by atoms with Crippen molar-refractivity contribution in [3.8, 4) is 11.1 Å². The number of nitrogens with two attached hydrogens (primary N) is 1. The van der Waals surface area contributed by atoms with Crippen molar-refractivity contribution in [2.24, 2.45) is 5.73 Å². The van der Waals surface area contributed by atoms with Gasteiger partial charge in [0.25, 0.3) is 5.91 Å². The minimum Gasteiger partial charge on any atom is -0.366 e. The predicted octanol–water partition coefficient (Wildman–Crippen LogP) is 3.75. The molecule has 1 fully saturated rings. The van der Waals surface area contributed by atoms with E-state index < -0.39 is 5.91 Å². The zero-order valence-electron chi connectivity index (χ0n) is 15.7. The third-order valence-corrected chi connectivity index (χ3v) is 5.43. The van der Waals surface area contributed by atoms with E-state index in [-0.39, 0.29) is 5.82 Å². The van der Waals surface area contributed by atoms with E-state index in [9.17, 15) is 9.18 Å². The van der Waals surface area contributed by atoms with Gasteiger partial charge >= 0.3 is 0 Å². The fraction of sp³-hybridized carbons (Fsp3) is 0.476. The van der Waals surface area contributed by atoms with Gasteiger partial charge in [-0.3, -0.25) is 4.79 Å². The summed E-state index contributed by atoms with van der Waals surface area (Å²) in [5.74, 6) is -0.707. The van der Waals surface area contributed by atoms with E-state index in [4.69, 9.17) is 5.73 Å². The van der Waals surface area contributed by atoms with Gasteiger partial charge in [0.15, 0.2) is 0 Å². The van der Waals surface area contributed by atoms with Crippen LogP contribution in [0, 0.1) is 12.7 Å². The highest BCUT2D eigenvalue weighted by Gasteiger charge is 2.24. The lowest BCUT2D eigenvalue weighted by Crippen LogP contribution is -2.33. The molecule has 26 heavy (non-hydrogen) atoms. The van der Waals surface area contributed by atoms with Gasteiger partial charge in [-0.2, -0.15) is 0 Å². The number of likely N-dealkylation sites (tertiary alicyclic amines) is 1. The Bertz CT molecular complexity index is 774. The molecule has 140 valence electrons. The van der Waals surface area contributed by atoms with Gasteiger partial charge in [0.05, 0.1) is 5.56 Å². The molecule has 2 aromatic rings. The Morgan fingerprint density at radius 3 is 2.35 bits per heavy atom. The SMILES string of the molecule is CCc1c(-c2ccc(F)cc2)c(C(N)=O)c(C)n1CCN1CCCCC1. The third-order valence-electron chi connectivity index (χ3n) is 5.43. The van der Waals surface area contributed by atoms with Crippen LogP contribution >= 0.6 is 0 Å². The number of carbonyl (C=O) groups is 1. The van der Waals surface area contributed by atoms with Crippen molar-refractivity contribution in [2.45, 2.75) is 46.1 Å². The summed E-state index contributed by atoms with van der Waals surface area (Å²) in [5, 5.41) is 0. The first-order valence-electron chi connectivity index (χ1n) is 9.53. The Morgan fingerprint density at radius 1 is 1.12 bits per heavy atom. The quantitative estimate of drug-likeness (QED) is 0.856. The molecule has 0 unspecified atom stereocenters. The van der Waals surface area contributed by atoms with Crippen LogP contribution in [0.3, 0.4) is 0 Å². The van der Waals surface area contributed by atoms with Gasteiger partial charge in [0.2, 0.25) is 0 Å². The van der Waals surface area contributed by atoms with E-state index in [0.717, 1.165) is 55.1 Å². The van der Waals surface area contributed by atoms with E-state index in [1.54, 1.807) is 12.1 Å². The number of piperidine rings is 1. The van der Waals surface area contributed by atoms with E-state index >= 15 is 0 Å². The van der Waals surface area contributed by atoms with Crippen LogP contribution in [0.15, 0.2) is 24.3 Å². The fourth-order valence-electron chi connectivity index (χ4n) is 4.12. The molecule has 2 heterocycles. The van der Waals surface area contributed by atoms with Crippen LogP contribution in [0.2, 0.25) is 0 Å². The van der Waals surface area contributed by atoms with Crippen molar-refractivity contribution in [1.29, 1.82) is 0 Å². The van der Waals surface area contributed by atoms with Gasteiger partial charge in [-0.25, -0.2) is 4.39 Å². The zero-order chi connectivity index (χ0) is 18.7. The Morgan fingerprint density at radius 2 is 1.77 bits per heavy atom. The second-order valence-electron chi connectivity index (χ2n) is 7.06. The molecule has 1 aliphatic rings. The van der Waals surface area contributed by atoms with Crippen molar-refractivity contribution in [1.82, 2.24) is 9.47 Å². The number of hydrogen-bond donors (Lipinski definition) is 1. The number of nitrogens with zero attached hydrogens (tertiary/aromatic N) is 2. The van der Waals surface area contributed by atoms with Crippen molar-refractivity contribution in [2.75, 3.05) is 19.6 Å². The lowest BCUT2D eigenvalue weighted by Gasteiger charge is -2.27. The number of rotatable bonds is 6. The molecule has 5 heteroatoms. The monoisotopic (exact) mass is 357 g/mol. The molecule has 0 aliphatic carbocycles. The molecule has 1 aliphatic heterocycles. The minimum absolute atomic E-state index is 0.284. The summed E-state index contributed by atoms with van der Waals surface area (Å²) in [4.78, 5) is 14.7. The topological polar surface area (TPSA) is 51.3 Å². The van der Waals surface area contributed by atoms with Gasteiger partial charge in [0.1, 0.15) is 5.82 Å². The summed E-state index contributed by atoms with van der Waals surface area (Å²) in [7, 11) is 0. The highest BCUT2D eigenvalue weighted by atomic mass is 19.1. The number of benzene rings is 1. The van der Waals surface area contributed by atoms with E-state index in [1.165, 1.54) is 31.4 Å². The molecule has 0 bridgehead atoms. The number of amides is 1. The molecule has 0 atom stereocenters. The van der Waals surface area contributed by atoms with Crippen LogP contribution in [0.4, 0.5) is 4.39 Å². The standard InChI is InChI=1S/C21H28FN3O/c1-3-18-20(16-7-9-17(22)10-8-16)19(21(23)26)15(2)25(18)14-13-24-11-5-4-6-12-24/h7-10H,3-6,11-14H2,1-2H3,(H2,23,26). The van der Waals surface area contributed by atoms with Gasteiger partial charge in [0, 0.05) is 30.0 Å². The van der Waals surface area contributed by atoms with E-state index in [1.807, 2.05) is 6.92 Å². The average molecular weight is 357 g/mol. The first-order valence-corrected chi connectivity index (χ1v) is 9.53. The van der Waals surface area contributed by atoms with Crippen molar-refractivity contribution in [3.05, 3.63) is 47.0 Å². The Labute approximate surface area is 154 Å². The lowest BCUT2D eigenvalue weighted by molar-refractivity contribution is 0.1000. The number of halogens is 1. The lowest BCUT2D eigenvalue weighted by atomic mass is 9.99. The molecule has 1 saturated heterocycles. The van der Waals surface area contributed by atoms with Crippen LogP contribution in [0.5, 0.6) is 0 Å². The summed E-state index contributed by atoms with van der Waals surface area (Å²) in [6.07, 6.45) is 4.64. The summed E-state index contributed by atoms with van der Waals surface area (Å²) >= 11 is 0. The Balaban J connectivity index is 2.00. The molecule has 1 amide bonds. The van der Waals surface area contributed by atoms with E-state index in [2.05, 4.69) is 16.4 Å². The molecular weight excluding hydrogens is 329 g/mol. The average Bonchev–Trinajstić information content (AvgIpc) is 2.93. The third kappa shape index (κ3) is 3.68. The smallest absolute Gasteiger partial charge is 0.251 e. The Hall–Kier alpha value is -2.14. The van der Waals surface area contributed by atoms with Crippen LogP contribution in [0.1, 0.15) is 47.9 Å². The summed E-state index contributed by atoms with van der Waals surface area (Å²) in [6, 6.07) is 6.31. The Kier molecular flexibility index (Phi) is 5.77. The normalized spacial score (nSPS) is 15.3. The highest BCUT2D eigenvalue weighted by Crippen LogP contribution is 2.33. The molecule has 2 N–H and O–H groups in total. The van der Waals surface area contributed by atoms with Crippen molar-refractivity contribution >= 4 is 5.91 Å². The number of aromatic nitrogens is 1. The summed E-state index contributed by atoms with van der Waals surface area (Å²) in [5.41, 5.74) is 9.99. The maximum Gasteiger partial charge on any atom is 0.251 e.